The summed E-state index contributed by atoms with van der Waals surface area (Å²) in [5.74, 6) is 1.77. The van der Waals surface area contributed by atoms with Crippen LogP contribution in [0.25, 0.3) is 0 Å². The minimum atomic E-state index is 0.187. The number of nitrogens with zero attached hydrogens (tertiary/aromatic N) is 4. The third-order valence-electron chi connectivity index (χ3n) is 4.60. The highest BCUT2D eigenvalue weighted by Gasteiger charge is 2.25. The van der Waals surface area contributed by atoms with Gasteiger partial charge in [0.2, 0.25) is 0 Å². The van der Waals surface area contributed by atoms with Crippen molar-refractivity contribution in [3.8, 4) is 0 Å². The average molecular weight is 321 g/mol. The van der Waals surface area contributed by atoms with Gasteiger partial charge in [-0.3, -0.25) is 4.90 Å². The van der Waals surface area contributed by atoms with E-state index in [1.807, 2.05) is 6.07 Å². The largest absolute Gasteiger partial charge is 0.394 e. The normalized spacial score (nSPS) is 22.5. The van der Waals surface area contributed by atoms with Gasteiger partial charge in [0, 0.05) is 32.2 Å². The van der Waals surface area contributed by atoms with E-state index in [0.717, 1.165) is 76.8 Å². The summed E-state index contributed by atoms with van der Waals surface area (Å²) in [6.07, 6.45) is 4.83. The Morgan fingerprint density at radius 1 is 1.26 bits per heavy atom. The molecule has 128 valence electrons. The molecule has 2 fully saturated rings. The van der Waals surface area contributed by atoms with Gasteiger partial charge < -0.3 is 20.1 Å². The fourth-order valence-corrected chi connectivity index (χ4v) is 3.27. The first kappa shape index (κ1) is 16.4. The zero-order chi connectivity index (χ0) is 15.9. The SMILES string of the molecule is OC[C@H]1CCCN1c1cc(NCCCN2CCOCC2)ncn1. The average Bonchev–Trinajstić information content (AvgIpc) is 3.09. The van der Waals surface area contributed by atoms with Crippen LogP contribution in [-0.2, 0) is 4.74 Å². The van der Waals surface area contributed by atoms with Crippen molar-refractivity contribution in [3.05, 3.63) is 12.4 Å². The van der Waals surface area contributed by atoms with E-state index < -0.39 is 0 Å². The molecular formula is C16H27N5O2. The molecule has 0 radical (unpaired) electrons. The van der Waals surface area contributed by atoms with Crippen LogP contribution < -0.4 is 10.2 Å². The maximum Gasteiger partial charge on any atom is 0.134 e. The Morgan fingerprint density at radius 3 is 2.96 bits per heavy atom. The molecule has 0 aromatic carbocycles. The molecule has 1 atom stereocenters. The van der Waals surface area contributed by atoms with E-state index in [1.54, 1.807) is 6.33 Å². The second-order valence-corrected chi connectivity index (χ2v) is 6.17. The van der Waals surface area contributed by atoms with Crippen molar-refractivity contribution in [2.24, 2.45) is 0 Å². The molecule has 1 aromatic heterocycles. The molecule has 7 nitrogen and oxygen atoms in total. The van der Waals surface area contributed by atoms with Gasteiger partial charge in [-0.05, 0) is 25.8 Å². The van der Waals surface area contributed by atoms with Crippen molar-refractivity contribution in [3.63, 3.8) is 0 Å². The molecule has 7 heteroatoms. The predicted molar refractivity (Wildman–Crippen MR) is 89.9 cm³/mol. The Kier molecular flexibility index (Phi) is 6.01. The Labute approximate surface area is 137 Å². The van der Waals surface area contributed by atoms with Crippen LogP contribution in [0.4, 0.5) is 11.6 Å². The number of morpholine rings is 1. The monoisotopic (exact) mass is 321 g/mol. The zero-order valence-corrected chi connectivity index (χ0v) is 13.7. The maximum atomic E-state index is 9.45. The smallest absolute Gasteiger partial charge is 0.134 e. The van der Waals surface area contributed by atoms with E-state index >= 15 is 0 Å². The number of aliphatic hydroxyl groups is 1. The van der Waals surface area contributed by atoms with Gasteiger partial charge >= 0.3 is 0 Å². The van der Waals surface area contributed by atoms with Crippen LogP contribution in [0.2, 0.25) is 0 Å². The van der Waals surface area contributed by atoms with Gasteiger partial charge in [-0.25, -0.2) is 9.97 Å². The predicted octanol–water partition coefficient (Wildman–Crippen LogP) is 0.572. The van der Waals surface area contributed by atoms with E-state index in [9.17, 15) is 5.11 Å². The Morgan fingerprint density at radius 2 is 2.13 bits per heavy atom. The number of hydrogen-bond donors (Lipinski definition) is 2. The number of nitrogens with one attached hydrogen (secondary N) is 1. The van der Waals surface area contributed by atoms with Crippen LogP contribution in [0.3, 0.4) is 0 Å². The standard InChI is InChI=1S/C16H27N5O2/c22-12-14-3-1-6-21(14)16-11-15(18-13-19-16)17-4-2-5-20-7-9-23-10-8-20/h11,13-14,22H,1-10,12H2,(H,17,18,19)/t14-/m1/s1. The molecule has 23 heavy (non-hydrogen) atoms. The lowest BCUT2D eigenvalue weighted by molar-refractivity contribution is 0.0378. The quantitative estimate of drug-likeness (QED) is 0.711. The summed E-state index contributed by atoms with van der Waals surface area (Å²) in [6, 6.07) is 2.18. The number of ether oxygens (including phenoxy) is 1. The van der Waals surface area contributed by atoms with Crippen molar-refractivity contribution in [2.75, 3.05) is 62.8 Å². The van der Waals surface area contributed by atoms with Gasteiger partial charge in [-0.1, -0.05) is 0 Å². The van der Waals surface area contributed by atoms with Crippen LogP contribution in [0.5, 0.6) is 0 Å². The van der Waals surface area contributed by atoms with E-state index in [2.05, 4.69) is 25.1 Å². The van der Waals surface area contributed by atoms with E-state index in [4.69, 9.17) is 4.74 Å². The molecule has 0 bridgehead atoms. The van der Waals surface area contributed by atoms with E-state index in [0.29, 0.717) is 0 Å². The van der Waals surface area contributed by atoms with Crippen LogP contribution in [0.15, 0.2) is 12.4 Å². The first-order valence-corrected chi connectivity index (χ1v) is 8.60. The lowest BCUT2D eigenvalue weighted by atomic mass is 10.2. The molecule has 0 aliphatic carbocycles. The number of rotatable bonds is 7. The molecule has 0 saturated carbocycles. The fraction of sp³-hybridized carbons (Fsp3) is 0.750. The van der Waals surface area contributed by atoms with E-state index in [1.165, 1.54) is 0 Å². The molecule has 0 amide bonds. The minimum absolute atomic E-state index is 0.187. The minimum Gasteiger partial charge on any atom is -0.394 e. The van der Waals surface area contributed by atoms with Gasteiger partial charge in [-0.2, -0.15) is 0 Å². The summed E-state index contributed by atoms with van der Waals surface area (Å²) in [5.41, 5.74) is 0. The first-order chi connectivity index (χ1) is 11.4. The van der Waals surface area contributed by atoms with Gasteiger partial charge in [0.1, 0.15) is 18.0 Å². The van der Waals surface area contributed by atoms with Gasteiger partial charge in [0.25, 0.3) is 0 Å². The Hall–Kier alpha value is -1.44. The summed E-state index contributed by atoms with van der Waals surface area (Å²) < 4.78 is 5.36. The second-order valence-electron chi connectivity index (χ2n) is 6.17. The molecule has 1 aromatic rings. The summed E-state index contributed by atoms with van der Waals surface area (Å²) in [6.45, 7) is 6.91. The highest BCUT2D eigenvalue weighted by molar-refractivity contribution is 5.49. The van der Waals surface area contributed by atoms with Crippen LogP contribution in [0.1, 0.15) is 19.3 Å². The van der Waals surface area contributed by atoms with Crippen molar-refractivity contribution >= 4 is 11.6 Å². The summed E-state index contributed by atoms with van der Waals surface area (Å²) in [4.78, 5) is 13.3. The maximum absolute atomic E-state index is 9.45. The number of anilines is 2. The Bertz CT molecular complexity index is 481. The van der Waals surface area contributed by atoms with Crippen molar-refractivity contribution < 1.29 is 9.84 Å². The highest BCUT2D eigenvalue weighted by atomic mass is 16.5. The highest BCUT2D eigenvalue weighted by Crippen LogP contribution is 2.24. The lowest BCUT2D eigenvalue weighted by Crippen LogP contribution is -2.37. The van der Waals surface area contributed by atoms with Crippen LogP contribution in [0, 0.1) is 0 Å². The summed E-state index contributed by atoms with van der Waals surface area (Å²) in [7, 11) is 0. The molecule has 2 aliphatic rings. The van der Waals surface area contributed by atoms with Gasteiger partial charge in [0.05, 0.1) is 25.9 Å². The van der Waals surface area contributed by atoms with Gasteiger partial charge in [0.15, 0.2) is 0 Å². The topological polar surface area (TPSA) is 73.8 Å². The molecule has 3 rings (SSSR count). The molecule has 0 unspecified atom stereocenters. The third-order valence-corrected chi connectivity index (χ3v) is 4.60. The van der Waals surface area contributed by atoms with Crippen molar-refractivity contribution in [1.82, 2.24) is 14.9 Å². The first-order valence-electron chi connectivity index (χ1n) is 8.60. The molecule has 2 aliphatic heterocycles. The third kappa shape index (κ3) is 4.53. The fourth-order valence-electron chi connectivity index (χ4n) is 3.27. The summed E-state index contributed by atoms with van der Waals surface area (Å²) in [5, 5.41) is 12.8. The van der Waals surface area contributed by atoms with Crippen LogP contribution in [-0.4, -0.2) is 78.6 Å². The molecule has 0 spiro atoms. The van der Waals surface area contributed by atoms with Gasteiger partial charge in [-0.15, -0.1) is 0 Å². The van der Waals surface area contributed by atoms with E-state index in [-0.39, 0.29) is 12.6 Å². The lowest BCUT2D eigenvalue weighted by Gasteiger charge is -2.26. The Balaban J connectivity index is 1.45. The summed E-state index contributed by atoms with van der Waals surface area (Å²) >= 11 is 0. The number of hydrogen-bond acceptors (Lipinski definition) is 7. The van der Waals surface area contributed by atoms with Crippen LogP contribution >= 0.6 is 0 Å². The molecule has 2 saturated heterocycles. The number of aliphatic hydroxyl groups excluding tert-OH is 1. The van der Waals surface area contributed by atoms with Crippen molar-refractivity contribution in [2.45, 2.75) is 25.3 Å². The second kappa shape index (κ2) is 8.42. The molecular weight excluding hydrogens is 294 g/mol. The number of aromatic nitrogens is 2. The van der Waals surface area contributed by atoms with Crippen molar-refractivity contribution in [1.29, 1.82) is 0 Å². The molecule has 3 heterocycles. The zero-order valence-electron chi connectivity index (χ0n) is 13.7. The molecule has 2 N–H and O–H groups in total.